The Kier molecular flexibility index (Phi) is 5.92. The summed E-state index contributed by atoms with van der Waals surface area (Å²) in [6, 6.07) is 10.4. The minimum Gasteiger partial charge on any atom is -0.350 e. The van der Waals surface area contributed by atoms with E-state index in [9.17, 15) is 4.79 Å². The summed E-state index contributed by atoms with van der Waals surface area (Å²) in [5.41, 5.74) is 6.10. The summed E-state index contributed by atoms with van der Waals surface area (Å²) in [6.07, 6.45) is 7.18. The van der Waals surface area contributed by atoms with Crippen molar-refractivity contribution in [2.75, 3.05) is 19.6 Å². The number of carbonyl (C=O) groups excluding carboxylic acids is 1. The molecule has 1 aromatic carbocycles. The lowest BCUT2D eigenvalue weighted by Crippen LogP contribution is -2.38. The molecule has 0 radical (unpaired) electrons. The van der Waals surface area contributed by atoms with Gasteiger partial charge in [-0.1, -0.05) is 18.2 Å². The van der Waals surface area contributed by atoms with Gasteiger partial charge in [-0.2, -0.15) is 5.10 Å². The largest absolute Gasteiger partial charge is 0.350 e. The Morgan fingerprint density at radius 1 is 1.24 bits per heavy atom. The van der Waals surface area contributed by atoms with E-state index in [2.05, 4.69) is 59.6 Å². The highest BCUT2D eigenvalue weighted by molar-refractivity contribution is 7.09. The molecule has 150 valence electrons. The Morgan fingerprint density at radius 3 is 2.86 bits per heavy atom. The molecule has 4 rings (SSSR count). The van der Waals surface area contributed by atoms with E-state index in [1.54, 1.807) is 11.3 Å². The van der Waals surface area contributed by atoms with E-state index >= 15 is 0 Å². The fourth-order valence-corrected chi connectivity index (χ4v) is 4.12. The normalized spacial score (nSPS) is 14.6. The number of aromatic nitrogens is 2. The molecule has 1 N–H and O–H groups in total. The molecule has 1 aliphatic heterocycles. The average Bonchev–Trinajstić information content (AvgIpc) is 3.41. The predicted octanol–water partition coefficient (Wildman–Crippen LogP) is 3.96. The Labute approximate surface area is 175 Å². The zero-order valence-corrected chi connectivity index (χ0v) is 17.7. The summed E-state index contributed by atoms with van der Waals surface area (Å²) in [4.78, 5) is 15.5. The summed E-state index contributed by atoms with van der Waals surface area (Å²) in [5, 5.41) is 9.58. The van der Waals surface area contributed by atoms with Crippen molar-refractivity contribution in [3.05, 3.63) is 75.7 Å². The maximum absolute atomic E-state index is 12.2. The molecule has 5 nitrogen and oxygen atoms in total. The van der Waals surface area contributed by atoms with Gasteiger partial charge in [0.15, 0.2) is 0 Å². The lowest BCUT2D eigenvalue weighted by molar-refractivity contribution is -0.122. The van der Waals surface area contributed by atoms with Crippen molar-refractivity contribution < 1.29 is 4.79 Å². The molecule has 0 bridgehead atoms. The molecule has 0 saturated carbocycles. The molecule has 2 aromatic heterocycles. The van der Waals surface area contributed by atoms with Crippen molar-refractivity contribution in [2.24, 2.45) is 0 Å². The molecule has 6 heteroatoms. The van der Waals surface area contributed by atoms with Crippen molar-refractivity contribution >= 4 is 22.8 Å². The van der Waals surface area contributed by atoms with Crippen LogP contribution in [-0.2, 0) is 11.3 Å². The SMILES string of the molecule is Cc1ccc(-n2cc(C3=CCN(CC(=O)NCc4cccs4)CC3)cn2)cc1C. The van der Waals surface area contributed by atoms with Gasteiger partial charge in [-0.05, 0) is 60.5 Å². The highest BCUT2D eigenvalue weighted by Crippen LogP contribution is 2.23. The van der Waals surface area contributed by atoms with Crippen LogP contribution in [0.25, 0.3) is 11.3 Å². The third-order valence-electron chi connectivity index (χ3n) is 5.41. The summed E-state index contributed by atoms with van der Waals surface area (Å²) in [7, 11) is 0. The lowest BCUT2D eigenvalue weighted by atomic mass is 10.0. The van der Waals surface area contributed by atoms with E-state index in [-0.39, 0.29) is 5.91 Å². The zero-order chi connectivity index (χ0) is 20.2. The molecular formula is C23H26N4OS. The Hall–Kier alpha value is -2.70. The first-order chi connectivity index (χ1) is 14.1. The molecule has 29 heavy (non-hydrogen) atoms. The molecule has 0 unspecified atom stereocenters. The van der Waals surface area contributed by atoms with Gasteiger partial charge in [0.25, 0.3) is 0 Å². The van der Waals surface area contributed by atoms with Gasteiger partial charge >= 0.3 is 0 Å². The van der Waals surface area contributed by atoms with Crippen LogP contribution in [0.5, 0.6) is 0 Å². The van der Waals surface area contributed by atoms with Crippen LogP contribution in [-0.4, -0.2) is 40.2 Å². The van der Waals surface area contributed by atoms with Gasteiger partial charge in [-0.3, -0.25) is 9.69 Å². The van der Waals surface area contributed by atoms with Crippen LogP contribution in [0.3, 0.4) is 0 Å². The number of benzene rings is 1. The maximum atomic E-state index is 12.2. The van der Waals surface area contributed by atoms with Crippen LogP contribution >= 0.6 is 11.3 Å². The molecule has 1 aliphatic rings. The first-order valence-electron chi connectivity index (χ1n) is 9.91. The van der Waals surface area contributed by atoms with Crippen LogP contribution in [0, 0.1) is 13.8 Å². The van der Waals surface area contributed by atoms with E-state index in [0.29, 0.717) is 13.1 Å². The fraction of sp³-hybridized carbons (Fsp3) is 0.304. The quantitative estimate of drug-likeness (QED) is 0.674. The number of rotatable bonds is 6. The van der Waals surface area contributed by atoms with Gasteiger partial charge in [-0.25, -0.2) is 4.68 Å². The second-order valence-corrected chi connectivity index (χ2v) is 8.54. The van der Waals surface area contributed by atoms with E-state index < -0.39 is 0 Å². The highest BCUT2D eigenvalue weighted by Gasteiger charge is 2.17. The van der Waals surface area contributed by atoms with Crippen LogP contribution < -0.4 is 5.32 Å². The molecule has 3 heterocycles. The highest BCUT2D eigenvalue weighted by atomic mass is 32.1. The topological polar surface area (TPSA) is 50.2 Å². The number of hydrogen-bond donors (Lipinski definition) is 1. The number of nitrogens with one attached hydrogen (secondary N) is 1. The maximum Gasteiger partial charge on any atom is 0.234 e. The van der Waals surface area contributed by atoms with E-state index in [4.69, 9.17) is 0 Å². The van der Waals surface area contributed by atoms with Crippen LogP contribution in [0.1, 0.15) is 28.0 Å². The second kappa shape index (κ2) is 8.76. The van der Waals surface area contributed by atoms with E-state index in [0.717, 1.165) is 30.8 Å². The first-order valence-corrected chi connectivity index (χ1v) is 10.8. The van der Waals surface area contributed by atoms with Crippen molar-refractivity contribution in [3.8, 4) is 5.69 Å². The number of aryl methyl sites for hydroxylation is 2. The molecule has 0 saturated heterocycles. The molecule has 0 aliphatic carbocycles. The van der Waals surface area contributed by atoms with Crippen LogP contribution in [0.15, 0.2) is 54.2 Å². The fourth-order valence-electron chi connectivity index (χ4n) is 3.47. The smallest absolute Gasteiger partial charge is 0.234 e. The van der Waals surface area contributed by atoms with Crippen LogP contribution in [0.2, 0.25) is 0 Å². The van der Waals surface area contributed by atoms with Crippen molar-refractivity contribution in [1.82, 2.24) is 20.0 Å². The summed E-state index contributed by atoms with van der Waals surface area (Å²) < 4.78 is 1.94. The van der Waals surface area contributed by atoms with Gasteiger partial charge < -0.3 is 5.32 Å². The summed E-state index contributed by atoms with van der Waals surface area (Å²) in [6.45, 7) is 6.97. The standard InChI is InChI=1S/C23H26N4OS/c1-17-5-6-21(12-18(17)2)27-15-20(13-25-27)19-7-9-26(10-8-19)16-23(28)24-14-22-4-3-11-29-22/h3-7,11-13,15H,8-10,14,16H2,1-2H3,(H,24,28). The molecular weight excluding hydrogens is 380 g/mol. The lowest BCUT2D eigenvalue weighted by Gasteiger charge is -2.25. The average molecular weight is 407 g/mol. The second-order valence-electron chi connectivity index (χ2n) is 7.51. The molecule has 0 spiro atoms. The van der Waals surface area contributed by atoms with Gasteiger partial charge in [0, 0.05) is 29.7 Å². The first kappa shape index (κ1) is 19.6. The van der Waals surface area contributed by atoms with Crippen molar-refractivity contribution in [1.29, 1.82) is 0 Å². The van der Waals surface area contributed by atoms with Gasteiger partial charge in [-0.15, -0.1) is 11.3 Å². The van der Waals surface area contributed by atoms with Gasteiger partial charge in [0.1, 0.15) is 0 Å². The summed E-state index contributed by atoms with van der Waals surface area (Å²) >= 11 is 1.66. The van der Waals surface area contributed by atoms with Crippen molar-refractivity contribution in [2.45, 2.75) is 26.8 Å². The Balaban J connectivity index is 1.33. The Morgan fingerprint density at radius 2 is 2.14 bits per heavy atom. The number of amides is 1. The number of thiophene rings is 1. The number of carbonyl (C=O) groups is 1. The van der Waals surface area contributed by atoms with Crippen molar-refractivity contribution in [3.63, 3.8) is 0 Å². The summed E-state index contributed by atoms with van der Waals surface area (Å²) in [5.74, 6) is 0.0813. The van der Waals surface area contributed by atoms with Gasteiger partial charge in [0.05, 0.1) is 25.0 Å². The minimum atomic E-state index is 0.0813. The predicted molar refractivity (Wildman–Crippen MR) is 118 cm³/mol. The number of nitrogens with zero attached hydrogens (tertiary/aromatic N) is 3. The van der Waals surface area contributed by atoms with Gasteiger partial charge in [0.2, 0.25) is 5.91 Å². The molecule has 3 aromatic rings. The third kappa shape index (κ3) is 4.83. The molecule has 1 amide bonds. The monoisotopic (exact) mass is 406 g/mol. The third-order valence-corrected chi connectivity index (χ3v) is 6.29. The Bertz CT molecular complexity index is 1020. The zero-order valence-electron chi connectivity index (χ0n) is 16.9. The molecule has 0 fully saturated rings. The van der Waals surface area contributed by atoms with Crippen LogP contribution in [0.4, 0.5) is 0 Å². The number of hydrogen-bond acceptors (Lipinski definition) is 4. The minimum absolute atomic E-state index is 0.0813. The van der Waals surface area contributed by atoms with E-state index in [1.807, 2.05) is 28.4 Å². The van der Waals surface area contributed by atoms with E-state index in [1.165, 1.54) is 21.6 Å². The molecule has 0 atom stereocenters.